The van der Waals surface area contributed by atoms with Crippen molar-refractivity contribution in [3.63, 3.8) is 0 Å². The minimum absolute atomic E-state index is 0.427. The number of nitrogens with one attached hydrogen (secondary N) is 1. The Labute approximate surface area is 209 Å². The Morgan fingerprint density at radius 1 is 0.972 bits per heavy atom. The molecule has 36 heavy (non-hydrogen) atoms. The van der Waals surface area contributed by atoms with Gasteiger partial charge < -0.3 is 15.6 Å². The van der Waals surface area contributed by atoms with Crippen molar-refractivity contribution in [1.29, 1.82) is 0 Å². The number of nitrogens with two attached hydrogens (primary N) is 1. The molecule has 8 heteroatoms. The van der Waals surface area contributed by atoms with E-state index in [1.165, 1.54) is 0 Å². The molecule has 5 aromatic rings. The van der Waals surface area contributed by atoms with Gasteiger partial charge in [-0.3, -0.25) is 9.30 Å². The number of benzene rings is 2. The van der Waals surface area contributed by atoms with Crippen molar-refractivity contribution in [2.24, 2.45) is 7.05 Å². The van der Waals surface area contributed by atoms with Crippen LogP contribution in [0.4, 0.5) is 5.82 Å². The summed E-state index contributed by atoms with van der Waals surface area (Å²) in [4.78, 5) is 17.2. The van der Waals surface area contributed by atoms with Crippen LogP contribution in [0.1, 0.15) is 24.6 Å². The molecular formula is C28H30N8. The highest BCUT2D eigenvalue weighted by molar-refractivity contribution is 5.91. The quantitative estimate of drug-likeness (QED) is 0.410. The summed E-state index contributed by atoms with van der Waals surface area (Å²) in [5.41, 5.74) is 12.3. The Balaban J connectivity index is 1.27. The Morgan fingerprint density at radius 2 is 1.78 bits per heavy atom. The first-order valence-electron chi connectivity index (χ1n) is 12.8. The van der Waals surface area contributed by atoms with Gasteiger partial charge in [-0.2, -0.15) is 0 Å². The molecule has 4 heterocycles. The predicted molar refractivity (Wildman–Crippen MR) is 143 cm³/mol. The Kier molecular flexibility index (Phi) is 5.04. The number of nitrogens with zero attached hydrogens (tertiary/aromatic N) is 6. The highest BCUT2D eigenvalue weighted by Gasteiger charge is 2.37. The molecule has 1 saturated heterocycles. The maximum absolute atomic E-state index is 6.42. The molecule has 2 aromatic carbocycles. The lowest BCUT2D eigenvalue weighted by molar-refractivity contribution is 0.0928. The van der Waals surface area contributed by atoms with Crippen LogP contribution in [0.15, 0.2) is 60.9 Å². The molecule has 2 aliphatic rings. The van der Waals surface area contributed by atoms with Crippen LogP contribution in [0.2, 0.25) is 0 Å². The number of fused-ring (bicyclic) bond motifs is 2. The van der Waals surface area contributed by atoms with Crippen LogP contribution in [0.3, 0.4) is 0 Å². The molecule has 1 saturated carbocycles. The van der Waals surface area contributed by atoms with Gasteiger partial charge in [-0.25, -0.2) is 15.0 Å². The second-order valence-electron chi connectivity index (χ2n) is 10.0. The lowest BCUT2D eigenvalue weighted by Gasteiger charge is -2.44. The summed E-state index contributed by atoms with van der Waals surface area (Å²) in [6.07, 6.45) is 6.06. The van der Waals surface area contributed by atoms with Gasteiger partial charge in [0.25, 0.3) is 0 Å². The average molecular weight is 479 g/mol. The summed E-state index contributed by atoms with van der Waals surface area (Å²) in [5, 5.41) is 3.45. The van der Waals surface area contributed by atoms with Crippen LogP contribution >= 0.6 is 0 Å². The van der Waals surface area contributed by atoms with E-state index in [0.29, 0.717) is 17.8 Å². The fourth-order valence-corrected chi connectivity index (χ4v) is 5.91. The number of imidazole rings is 2. The first-order valence-corrected chi connectivity index (χ1v) is 12.8. The normalized spacial score (nSPS) is 20.7. The summed E-state index contributed by atoms with van der Waals surface area (Å²) >= 11 is 0. The molecule has 1 aliphatic heterocycles. The molecule has 182 valence electrons. The van der Waals surface area contributed by atoms with E-state index in [0.717, 1.165) is 84.0 Å². The number of rotatable bonds is 4. The smallest absolute Gasteiger partial charge is 0.150 e. The third kappa shape index (κ3) is 3.40. The average Bonchev–Trinajstić information content (AvgIpc) is 3.43. The molecule has 0 unspecified atom stereocenters. The zero-order valence-corrected chi connectivity index (χ0v) is 20.4. The number of nitrogen functional groups attached to an aromatic ring is 1. The summed E-state index contributed by atoms with van der Waals surface area (Å²) in [6.45, 7) is 4.44. The van der Waals surface area contributed by atoms with Crippen molar-refractivity contribution in [1.82, 2.24) is 34.1 Å². The number of piperazine rings is 1. The van der Waals surface area contributed by atoms with E-state index < -0.39 is 0 Å². The first-order chi connectivity index (χ1) is 17.7. The summed E-state index contributed by atoms with van der Waals surface area (Å²) in [6, 6.07) is 17.3. The zero-order chi connectivity index (χ0) is 24.2. The van der Waals surface area contributed by atoms with Crippen molar-refractivity contribution in [2.45, 2.75) is 24.8 Å². The van der Waals surface area contributed by atoms with Crippen LogP contribution in [-0.4, -0.2) is 61.0 Å². The van der Waals surface area contributed by atoms with E-state index in [1.807, 2.05) is 24.4 Å². The van der Waals surface area contributed by atoms with E-state index in [-0.39, 0.29) is 0 Å². The molecule has 0 spiro atoms. The minimum atomic E-state index is 0.427. The van der Waals surface area contributed by atoms with Crippen LogP contribution in [0, 0.1) is 0 Å². The molecule has 7 rings (SSSR count). The van der Waals surface area contributed by atoms with Gasteiger partial charge in [0.1, 0.15) is 28.7 Å². The molecule has 8 nitrogen and oxygen atoms in total. The molecule has 3 N–H and O–H groups in total. The number of hydrogen-bond acceptors (Lipinski definition) is 6. The Bertz CT molecular complexity index is 1560. The van der Waals surface area contributed by atoms with Crippen molar-refractivity contribution in [2.75, 3.05) is 31.9 Å². The van der Waals surface area contributed by atoms with Gasteiger partial charge in [-0.1, -0.05) is 36.4 Å². The lowest BCUT2D eigenvalue weighted by atomic mass is 9.78. The molecule has 0 amide bonds. The van der Waals surface area contributed by atoms with E-state index in [9.17, 15) is 0 Å². The third-order valence-electron chi connectivity index (χ3n) is 7.94. The molecule has 1 aliphatic carbocycles. The highest BCUT2D eigenvalue weighted by atomic mass is 15.2. The van der Waals surface area contributed by atoms with Gasteiger partial charge >= 0.3 is 0 Å². The van der Waals surface area contributed by atoms with Crippen molar-refractivity contribution in [3.8, 4) is 22.6 Å². The second kappa shape index (κ2) is 8.43. The highest BCUT2D eigenvalue weighted by Crippen LogP contribution is 2.42. The SMILES string of the molecule is Cn1c(-c2ccccc2)nc2cc(-c3nc(C4CC(N5CCNCC5)C4)n4ccnc(N)c34)ccc21. The fraction of sp³-hybridized carbons (Fsp3) is 0.321. The van der Waals surface area contributed by atoms with Gasteiger partial charge in [0.05, 0.1) is 11.0 Å². The van der Waals surface area contributed by atoms with Gasteiger partial charge in [-0.05, 0) is 25.0 Å². The van der Waals surface area contributed by atoms with Crippen molar-refractivity contribution in [3.05, 3.63) is 66.7 Å². The van der Waals surface area contributed by atoms with Gasteiger partial charge in [-0.15, -0.1) is 0 Å². The second-order valence-corrected chi connectivity index (χ2v) is 10.0. The predicted octanol–water partition coefficient (Wildman–Crippen LogP) is 3.68. The number of aryl methyl sites for hydroxylation is 1. The van der Waals surface area contributed by atoms with E-state index in [4.69, 9.17) is 15.7 Å². The zero-order valence-electron chi connectivity index (χ0n) is 20.4. The maximum Gasteiger partial charge on any atom is 0.150 e. The van der Waals surface area contributed by atoms with Crippen molar-refractivity contribution >= 4 is 22.4 Å². The largest absolute Gasteiger partial charge is 0.382 e. The van der Waals surface area contributed by atoms with Crippen LogP contribution in [0.25, 0.3) is 39.2 Å². The maximum atomic E-state index is 6.42. The molecular weight excluding hydrogens is 448 g/mol. The number of aromatic nitrogens is 5. The van der Waals surface area contributed by atoms with Crippen molar-refractivity contribution < 1.29 is 0 Å². The summed E-state index contributed by atoms with van der Waals surface area (Å²) in [7, 11) is 2.06. The molecule has 0 radical (unpaired) electrons. The van der Waals surface area contributed by atoms with Crippen LogP contribution in [-0.2, 0) is 7.05 Å². The topological polar surface area (TPSA) is 89.3 Å². The monoisotopic (exact) mass is 478 g/mol. The third-order valence-corrected chi connectivity index (χ3v) is 7.94. The number of hydrogen-bond donors (Lipinski definition) is 2. The van der Waals surface area contributed by atoms with Gasteiger partial charge in [0.15, 0.2) is 0 Å². The van der Waals surface area contributed by atoms with Crippen LogP contribution < -0.4 is 11.1 Å². The van der Waals surface area contributed by atoms with Crippen LogP contribution in [0.5, 0.6) is 0 Å². The lowest BCUT2D eigenvalue weighted by Crippen LogP contribution is -2.52. The van der Waals surface area contributed by atoms with Gasteiger partial charge in [0.2, 0.25) is 0 Å². The fourth-order valence-electron chi connectivity index (χ4n) is 5.91. The molecule has 0 atom stereocenters. The minimum Gasteiger partial charge on any atom is -0.382 e. The Morgan fingerprint density at radius 3 is 2.58 bits per heavy atom. The summed E-state index contributed by atoms with van der Waals surface area (Å²) < 4.78 is 4.31. The number of anilines is 1. The standard InChI is InChI=1S/C28H30N8/c1-34-23-8-7-19(17-22(23)32-27(34)18-5-3-2-4-6-18)24-25-26(29)31-11-14-36(25)28(33-24)20-15-21(16-20)35-12-9-30-10-13-35/h2-8,11,14,17,20-21,30H,9-10,12-13,15-16H2,1H3,(H2,29,31). The van der Waals surface area contributed by atoms with E-state index in [2.05, 4.69) is 61.5 Å². The summed E-state index contributed by atoms with van der Waals surface area (Å²) in [5.74, 6) is 2.98. The Hall–Kier alpha value is -3.75. The first kappa shape index (κ1) is 21.5. The molecule has 2 fully saturated rings. The van der Waals surface area contributed by atoms with Gasteiger partial charge in [0, 0.05) is 68.7 Å². The molecule has 3 aromatic heterocycles. The molecule has 0 bridgehead atoms. The van der Waals surface area contributed by atoms with E-state index >= 15 is 0 Å². The van der Waals surface area contributed by atoms with E-state index in [1.54, 1.807) is 6.20 Å².